The zero-order valence-electron chi connectivity index (χ0n) is 15.8. The molecule has 0 saturated carbocycles. The molecule has 0 aliphatic carbocycles. The SMILES string of the molecule is CCCc1ccc(C2(C)NC(=O)N(Cc3cc(Cl)c4c(c3)OCO4)C2=O)cc1. The molecular weight excluding hydrogens is 380 g/mol. The minimum Gasteiger partial charge on any atom is -0.454 e. The van der Waals surface area contributed by atoms with Crippen LogP contribution in [0.3, 0.4) is 0 Å². The molecule has 146 valence electrons. The van der Waals surface area contributed by atoms with Crippen LogP contribution in [0.2, 0.25) is 5.02 Å². The zero-order chi connectivity index (χ0) is 19.9. The van der Waals surface area contributed by atoms with Crippen LogP contribution in [0.25, 0.3) is 0 Å². The highest BCUT2D eigenvalue weighted by Gasteiger charge is 2.48. The van der Waals surface area contributed by atoms with E-state index < -0.39 is 11.6 Å². The van der Waals surface area contributed by atoms with Gasteiger partial charge >= 0.3 is 6.03 Å². The maximum atomic E-state index is 13.1. The van der Waals surface area contributed by atoms with Gasteiger partial charge in [0, 0.05) is 0 Å². The summed E-state index contributed by atoms with van der Waals surface area (Å²) in [5, 5.41) is 3.23. The average molecular weight is 401 g/mol. The van der Waals surface area contributed by atoms with Crippen molar-refractivity contribution in [2.75, 3.05) is 6.79 Å². The van der Waals surface area contributed by atoms with Crippen LogP contribution in [0.5, 0.6) is 11.5 Å². The molecule has 2 aliphatic heterocycles. The Hall–Kier alpha value is -2.73. The molecule has 0 spiro atoms. The highest BCUT2D eigenvalue weighted by Crippen LogP contribution is 2.40. The molecule has 1 atom stereocenters. The largest absolute Gasteiger partial charge is 0.454 e. The van der Waals surface area contributed by atoms with Crippen molar-refractivity contribution in [2.45, 2.75) is 38.8 Å². The summed E-state index contributed by atoms with van der Waals surface area (Å²) in [5.41, 5.74) is 1.57. The van der Waals surface area contributed by atoms with Crippen molar-refractivity contribution in [3.63, 3.8) is 0 Å². The van der Waals surface area contributed by atoms with Crippen LogP contribution >= 0.6 is 11.6 Å². The normalized spacial score (nSPS) is 20.6. The summed E-state index contributed by atoms with van der Waals surface area (Å²) in [6.45, 7) is 4.06. The Morgan fingerprint density at radius 1 is 1.14 bits per heavy atom. The molecule has 2 aromatic carbocycles. The quantitative estimate of drug-likeness (QED) is 0.770. The van der Waals surface area contributed by atoms with Gasteiger partial charge in [-0.3, -0.25) is 9.69 Å². The summed E-state index contributed by atoms with van der Waals surface area (Å²) in [4.78, 5) is 26.9. The number of carbonyl (C=O) groups is 2. The fraction of sp³-hybridized carbons (Fsp3) is 0.333. The first-order valence-corrected chi connectivity index (χ1v) is 9.61. The second-order valence-electron chi connectivity index (χ2n) is 7.20. The first-order chi connectivity index (χ1) is 13.4. The molecule has 0 aromatic heterocycles. The van der Waals surface area contributed by atoms with E-state index in [4.69, 9.17) is 21.1 Å². The Labute approximate surface area is 168 Å². The van der Waals surface area contributed by atoms with Crippen molar-refractivity contribution in [1.29, 1.82) is 0 Å². The van der Waals surface area contributed by atoms with E-state index in [1.54, 1.807) is 19.1 Å². The molecule has 7 heteroatoms. The number of hydrogen-bond donors (Lipinski definition) is 1. The van der Waals surface area contributed by atoms with Gasteiger partial charge in [-0.05, 0) is 42.2 Å². The van der Waals surface area contributed by atoms with E-state index in [2.05, 4.69) is 12.2 Å². The molecule has 1 fully saturated rings. The predicted molar refractivity (Wildman–Crippen MR) is 104 cm³/mol. The summed E-state index contributed by atoms with van der Waals surface area (Å²) >= 11 is 6.22. The third kappa shape index (κ3) is 3.07. The van der Waals surface area contributed by atoms with E-state index in [9.17, 15) is 9.59 Å². The van der Waals surface area contributed by atoms with E-state index in [1.165, 1.54) is 10.5 Å². The third-order valence-corrected chi connectivity index (χ3v) is 5.45. The van der Waals surface area contributed by atoms with Gasteiger partial charge in [0.05, 0.1) is 11.6 Å². The van der Waals surface area contributed by atoms with E-state index >= 15 is 0 Å². The van der Waals surface area contributed by atoms with Crippen molar-refractivity contribution in [1.82, 2.24) is 10.2 Å². The maximum absolute atomic E-state index is 13.1. The van der Waals surface area contributed by atoms with Gasteiger partial charge in [-0.2, -0.15) is 0 Å². The average Bonchev–Trinajstić information content (AvgIpc) is 3.22. The minimum absolute atomic E-state index is 0.102. The fourth-order valence-corrected chi connectivity index (χ4v) is 3.91. The number of ether oxygens (including phenoxy) is 2. The summed E-state index contributed by atoms with van der Waals surface area (Å²) < 4.78 is 10.7. The molecule has 28 heavy (non-hydrogen) atoms. The third-order valence-electron chi connectivity index (χ3n) is 5.17. The molecule has 1 N–H and O–H groups in total. The summed E-state index contributed by atoms with van der Waals surface area (Å²) in [6.07, 6.45) is 2.03. The number of nitrogens with zero attached hydrogens (tertiary/aromatic N) is 1. The van der Waals surface area contributed by atoms with Gasteiger partial charge in [-0.15, -0.1) is 0 Å². The number of nitrogens with one attached hydrogen (secondary N) is 1. The van der Waals surface area contributed by atoms with Crippen LogP contribution in [0.1, 0.15) is 37.0 Å². The molecule has 4 rings (SSSR count). The number of carbonyl (C=O) groups excluding carboxylic acids is 2. The molecule has 2 aromatic rings. The molecular formula is C21H21ClN2O4. The number of hydrogen-bond acceptors (Lipinski definition) is 4. The maximum Gasteiger partial charge on any atom is 0.325 e. The van der Waals surface area contributed by atoms with Crippen molar-refractivity contribution >= 4 is 23.5 Å². The van der Waals surface area contributed by atoms with Gasteiger partial charge < -0.3 is 14.8 Å². The minimum atomic E-state index is -1.10. The van der Waals surface area contributed by atoms with E-state index in [-0.39, 0.29) is 19.2 Å². The van der Waals surface area contributed by atoms with Crippen LogP contribution < -0.4 is 14.8 Å². The van der Waals surface area contributed by atoms with Gasteiger partial charge in [0.1, 0.15) is 5.54 Å². The van der Waals surface area contributed by atoms with Crippen LogP contribution in [0.4, 0.5) is 4.79 Å². The number of amides is 3. The summed E-state index contributed by atoms with van der Waals surface area (Å²) in [5.74, 6) is 0.706. The molecule has 1 saturated heterocycles. The Bertz CT molecular complexity index is 944. The highest BCUT2D eigenvalue weighted by molar-refractivity contribution is 6.32. The second-order valence-corrected chi connectivity index (χ2v) is 7.61. The van der Waals surface area contributed by atoms with Crippen LogP contribution in [0.15, 0.2) is 36.4 Å². The molecule has 2 aliphatic rings. The molecule has 3 amide bonds. The molecule has 2 heterocycles. The van der Waals surface area contributed by atoms with Crippen LogP contribution in [-0.2, 0) is 23.3 Å². The topological polar surface area (TPSA) is 67.9 Å². The number of rotatable bonds is 5. The molecule has 0 bridgehead atoms. The zero-order valence-corrected chi connectivity index (χ0v) is 16.5. The number of benzene rings is 2. The van der Waals surface area contributed by atoms with E-state index in [0.717, 1.165) is 18.4 Å². The lowest BCUT2D eigenvalue weighted by atomic mass is 9.91. The van der Waals surface area contributed by atoms with Crippen molar-refractivity contribution < 1.29 is 19.1 Å². The summed E-state index contributed by atoms with van der Waals surface area (Å²) in [6, 6.07) is 10.8. The number of urea groups is 1. The van der Waals surface area contributed by atoms with Gasteiger partial charge in [-0.25, -0.2) is 4.79 Å². The number of aryl methyl sites for hydroxylation is 1. The van der Waals surface area contributed by atoms with E-state index in [0.29, 0.717) is 22.1 Å². The van der Waals surface area contributed by atoms with Gasteiger partial charge in [0.15, 0.2) is 11.5 Å². The molecule has 0 radical (unpaired) electrons. The van der Waals surface area contributed by atoms with Crippen molar-refractivity contribution in [3.8, 4) is 11.5 Å². The highest BCUT2D eigenvalue weighted by atomic mass is 35.5. The smallest absolute Gasteiger partial charge is 0.325 e. The lowest BCUT2D eigenvalue weighted by molar-refractivity contribution is -0.131. The Kier molecular flexibility index (Phi) is 4.67. The monoisotopic (exact) mass is 400 g/mol. The Balaban J connectivity index is 1.58. The Morgan fingerprint density at radius 3 is 2.61 bits per heavy atom. The molecule has 1 unspecified atom stereocenters. The number of imide groups is 1. The first kappa shape index (κ1) is 18.6. The lowest BCUT2D eigenvalue weighted by Crippen LogP contribution is -2.40. The predicted octanol–water partition coefficient (Wildman–Crippen LogP) is 3.99. The van der Waals surface area contributed by atoms with Crippen molar-refractivity contribution in [2.24, 2.45) is 0 Å². The van der Waals surface area contributed by atoms with Crippen LogP contribution in [-0.4, -0.2) is 23.6 Å². The van der Waals surface area contributed by atoms with Crippen LogP contribution in [0, 0.1) is 0 Å². The van der Waals surface area contributed by atoms with Gasteiger partial charge in [-0.1, -0.05) is 49.2 Å². The standard InChI is InChI=1S/C21H21ClN2O4/c1-3-4-13-5-7-15(8-6-13)21(2)19(25)24(20(26)23-21)11-14-9-16(22)18-17(10-14)27-12-28-18/h5-10H,3-4,11-12H2,1-2H3,(H,23,26). The Morgan fingerprint density at radius 2 is 1.89 bits per heavy atom. The first-order valence-electron chi connectivity index (χ1n) is 9.24. The lowest BCUT2D eigenvalue weighted by Gasteiger charge is -2.22. The number of fused-ring (bicyclic) bond motifs is 1. The summed E-state index contributed by atoms with van der Waals surface area (Å²) in [7, 11) is 0. The van der Waals surface area contributed by atoms with E-state index in [1.807, 2.05) is 24.3 Å². The molecule has 6 nitrogen and oxygen atoms in total. The number of halogens is 1. The van der Waals surface area contributed by atoms with Gasteiger partial charge in [0.25, 0.3) is 5.91 Å². The van der Waals surface area contributed by atoms with Gasteiger partial charge in [0.2, 0.25) is 6.79 Å². The van der Waals surface area contributed by atoms with Crippen molar-refractivity contribution in [3.05, 3.63) is 58.1 Å². The fourth-order valence-electron chi connectivity index (χ4n) is 3.62. The second kappa shape index (κ2) is 7.02.